The second-order valence-electron chi connectivity index (χ2n) is 6.12. The van der Waals surface area contributed by atoms with Crippen molar-refractivity contribution in [3.05, 3.63) is 64.7 Å². The van der Waals surface area contributed by atoms with E-state index in [1.165, 1.54) is 17.7 Å². The van der Waals surface area contributed by atoms with Crippen LogP contribution in [0.5, 0.6) is 5.75 Å². The number of rotatable bonds is 3. The summed E-state index contributed by atoms with van der Waals surface area (Å²) < 4.78 is 6.61. The number of hydrogen-bond donors (Lipinski definition) is 2. The molecule has 0 radical (unpaired) electrons. The Hall–Kier alpha value is -3.68. The molecular formula is C19H16N4O4. The highest BCUT2D eigenvalue weighted by Crippen LogP contribution is 2.38. The molecule has 0 saturated heterocycles. The lowest BCUT2D eigenvalue weighted by molar-refractivity contribution is -0.123. The number of ether oxygens (including phenoxy) is 1. The van der Waals surface area contributed by atoms with E-state index in [0.717, 1.165) is 0 Å². The van der Waals surface area contributed by atoms with Gasteiger partial charge in [-0.3, -0.25) is 18.8 Å². The van der Waals surface area contributed by atoms with Crippen LogP contribution in [-0.2, 0) is 9.59 Å². The summed E-state index contributed by atoms with van der Waals surface area (Å²) in [6.45, 7) is 0. The maximum Gasteiger partial charge on any atom is 0.281 e. The van der Waals surface area contributed by atoms with Gasteiger partial charge in [0.05, 0.1) is 24.9 Å². The first-order valence-electron chi connectivity index (χ1n) is 8.32. The van der Waals surface area contributed by atoms with Crippen molar-refractivity contribution in [2.24, 2.45) is 0 Å². The van der Waals surface area contributed by atoms with Crippen LogP contribution in [0.2, 0.25) is 0 Å². The predicted molar refractivity (Wildman–Crippen MR) is 99.1 cm³/mol. The van der Waals surface area contributed by atoms with E-state index >= 15 is 0 Å². The first-order chi connectivity index (χ1) is 13.1. The van der Waals surface area contributed by atoms with Gasteiger partial charge in [-0.15, -0.1) is 0 Å². The first-order valence-corrected chi connectivity index (χ1v) is 8.32. The number of amides is 2. The minimum atomic E-state index is -0.736. The molecule has 8 nitrogen and oxygen atoms in total. The molecule has 0 saturated carbocycles. The summed E-state index contributed by atoms with van der Waals surface area (Å²) in [5, 5.41) is 5.36. The Morgan fingerprint density at radius 3 is 2.93 bits per heavy atom. The fraction of sp³-hybridized carbons (Fsp3) is 0.158. The van der Waals surface area contributed by atoms with E-state index in [0.29, 0.717) is 22.6 Å². The number of aromatic nitrogens is 2. The summed E-state index contributed by atoms with van der Waals surface area (Å²) >= 11 is 0. The highest BCUT2D eigenvalue weighted by Gasteiger charge is 2.32. The Morgan fingerprint density at radius 2 is 2.11 bits per heavy atom. The molecule has 1 unspecified atom stereocenters. The maximum absolute atomic E-state index is 12.9. The number of pyridine rings is 1. The van der Waals surface area contributed by atoms with E-state index in [1.54, 1.807) is 42.6 Å². The standard InChI is InChI=1S/C19H16N4O4/c1-27-14-6-4-5-11-12(9-16(24)22-17(11)14)18(25)21-13-10-20-15-7-2-3-8-23(15)19(13)26/h2-8,10,12H,9H2,1H3,(H,21,25)(H,22,24). The lowest BCUT2D eigenvalue weighted by Crippen LogP contribution is -2.32. The van der Waals surface area contributed by atoms with Crippen molar-refractivity contribution in [2.45, 2.75) is 12.3 Å². The van der Waals surface area contributed by atoms with Crippen LogP contribution in [0.3, 0.4) is 0 Å². The van der Waals surface area contributed by atoms with Crippen molar-refractivity contribution in [1.29, 1.82) is 0 Å². The van der Waals surface area contributed by atoms with Crippen LogP contribution in [0, 0.1) is 0 Å². The van der Waals surface area contributed by atoms with E-state index in [9.17, 15) is 14.4 Å². The largest absolute Gasteiger partial charge is 0.495 e. The number of fused-ring (bicyclic) bond motifs is 2. The average Bonchev–Trinajstić information content (AvgIpc) is 2.69. The smallest absolute Gasteiger partial charge is 0.281 e. The molecule has 2 amide bonds. The highest BCUT2D eigenvalue weighted by atomic mass is 16.5. The molecule has 2 N–H and O–H groups in total. The van der Waals surface area contributed by atoms with Gasteiger partial charge in [-0.2, -0.15) is 0 Å². The van der Waals surface area contributed by atoms with Gasteiger partial charge in [0.25, 0.3) is 5.56 Å². The van der Waals surface area contributed by atoms with E-state index in [-0.39, 0.29) is 23.6 Å². The topological polar surface area (TPSA) is 102 Å². The Kier molecular flexibility index (Phi) is 4.08. The monoisotopic (exact) mass is 364 g/mol. The molecule has 2 aromatic heterocycles. The van der Waals surface area contributed by atoms with Gasteiger partial charge in [0.1, 0.15) is 17.1 Å². The predicted octanol–water partition coefficient (Wildman–Crippen LogP) is 1.77. The van der Waals surface area contributed by atoms with Crippen LogP contribution >= 0.6 is 0 Å². The van der Waals surface area contributed by atoms with Gasteiger partial charge in [0.2, 0.25) is 11.8 Å². The zero-order valence-corrected chi connectivity index (χ0v) is 14.4. The SMILES string of the molecule is COc1cccc2c1NC(=O)CC2C(=O)Nc1cnc2ccccn2c1=O. The average molecular weight is 364 g/mol. The molecule has 8 heteroatoms. The van der Waals surface area contributed by atoms with Crippen LogP contribution in [0.1, 0.15) is 17.9 Å². The molecule has 0 spiro atoms. The molecule has 27 heavy (non-hydrogen) atoms. The van der Waals surface area contributed by atoms with Crippen LogP contribution in [0.15, 0.2) is 53.6 Å². The molecular weight excluding hydrogens is 348 g/mol. The van der Waals surface area contributed by atoms with Crippen molar-refractivity contribution in [3.8, 4) is 5.75 Å². The summed E-state index contributed by atoms with van der Waals surface area (Å²) in [4.78, 5) is 41.7. The Morgan fingerprint density at radius 1 is 1.26 bits per heavy atom. The van der Waals surface area contributed by atoms with E-state index in [2.05, 4.69) is 15.6 Å². The number of carbonyl (C=O) groups excluding carboxylic acids is 2. The number of methoxy groups -OCH3 is 1. The van der Waals surface area contributed by atoms with Crippen molar-refractivity contribution in [1.82, 2.24) is 9.38 Å². The molecule has 3 aromatic rings. The van der Waals surface area contributed by atoms with Crippen molar-refractivity contribution in [3.63, 3.8) is 0 Å². The van der Waals surface area contributed by atoms with E-state index in [1.807, 2.05) is 0 Å². The van der Waals surface area contributed by atoms with Crippen molar-refractivity contribution < 1.29 is 14.3 Å². The van der Waals surface area contributed by atoms with E-state index < -0.39 is 11.8 Å². The highest BCUT2D eigenvalue weighted by molar-refractivity contribution is 6.05. The number of nitrogens with one attached hydrogen (secondary N) is 2. The molecule has 0 fully saturated rings. The van der Waals surface area contributed by atoms with E-state index in [4.69, 9.17) is 4.74 Å². The lowest BCUT2D eigenvalue weighted by Gasteiger charge is -2.26. The third-order valence-corrected chi connectivity index (χ3v) is 4.50. The fourth-order valence-electron chi connectivity index (χ4n) is 3.19. The third-order valence-electron chi connectivity index (χ3n) is 4.50. The van der Waals surface area contributed by atoms with Gasteiger partial charge in [0, 0.05) is 12.6 Å². The zero-order chi connectivity index (χ0) is 19.0. The molecule has 1 aliphatic heterocycles. The summed E-state index contributed by atoms with van der Waals surface area (Å²) in [6, 6.07) is 10.4. The quantitative estimate of drug-likeness (QED) is 0.737. The van der Waals surface area contributed by atoms with Gasteiger partial charge in [-0.05, 0) is 23.8 Å². The molecule has 1 aliphatic rings. The number of anilines is 2. The van der Waals surface area contributed by atoms with Crippen LogP contribution < -0.4 is 20.9 Å². The number of benzene rings is 1. The Labute approximate surface area is 153 Å². The van der Waals surface area contributed by atoms with Crippen molar-refractivity contribution >= 4 is 28.8 Å². The normalized spacial score (nSPS) is 15.7. The van der Waals surface area contributed by atoms with Crippen LogP contribution in [-0.4, -0.2) is 28.3 Å². The minimum Gasteiger partial charge on any atom is -0.495 e. The van der Waals surface area contributed by atoms with Crippen molar-refractivity contribution in [2.75, 3.05) is 17.7 Å². The molecule has 1 aromatic carbocycles. The Balaban J connectivity index is 1.70. The van der Waals surface area contributed by atoms with Crippen LogP contribution in [0.25, 0.3) is 5.65 Å². The van der Waals surface area contributed by atoms with Gasteiger partial charge in [-0.1, -0.05) is 18.2 Å². The summed E-state index contributed by atoms with van der Waals surface area (Å²) in [5.74, 6) is -1.000. The number of carbonyl (C=O) groups is 2. The summed E-state index contributed by atoms with van der Waals surface area (Å²) in [5.41, 5.74) is 1.26. The molecule has 136 valence electrons. The molecule has 0 bridgehead atoms. The maximum atomic E-state index is 12.9. The third kappa shape index (κ3) is 2.91. The van der Waals surface area contributed by atoms with Crippen LogP contribution in [0.4, 0.5) is 11.4 Å². The first kappa shape index (κ1) is 16.8. The molecule has 4 rings (SSSR count). The van der Waals surface area contributed by atoms with Gasteiger partial charge >= 0.3 is 0 Å². The minimum absolute atomic E-state index is 0.0195. The number of para-hydroxylation sites is 1. The van der Waals surface area contributed by atoms with Gasteiger partial charge < -0.3 is 15.4 Å². The number of hydrogen-bond acceptors (Lipinski definition) is 5. The second kappa shape index (κ2) is 6.56. The van der Waals surface area contributed by atoms with Gasteiger partial charge in [0.15, 0.2) is 0 Å². The molecule has 3 heterocycles. The number of nitrogens with zero attached hydrogens (tertiary/aromatic N) is 2. The summed E-state index contributed by atoms with van der Waals surface area (Å²) in [6.07, 6.45) is 2.88. The zero-order valence-electron chi connectivity index (χ0n) is 14.4. The lowest BCUT2D eigenvalue weighted by atomic mass is 9.89. The molecule has 0 aliphatic carbocycles. The van der Waals surface area contributed by atoms with Gasteiger partial charge in [-0.25, -0.2) is 4.98 Å². The second-order valence-corrected chi connectivity index (χ2v) is 6.12. The Bertz CT molecular complexity index is 1120. The summed E-state index contributed by atoms with van der Waals surface area (Å²) in [7, 11) is 1.49. The molecule has 1 atom stereocenters. The fourth-order valence-corrected chi connectivity index (χ4v) is 3.19.